The number of amides is 1. The summed E-state index contributed by atoms with van der Waals surface area (Å²) in [6.07, 6.45) is 3.39. The number of aromatic amines is 1. The Balaban J connectivity index is 1.63. The summed E-state index contributed by atoms with van der Waals surface area (Å²) in [7, 11) is 0. The third kappa shape index (κ3) is 3.95. The molecule has 3 aromatic rings. The molecular formula is C16H15N5OS. The molecule has 3 rings (SSSR count). The maximum absolute atomic E-state index is 12.2. The SMILES string of the molecule is CC(Sc1nnc(-c2ccncc2)[nH]1)C(=O)Nc1ccccc1. The lowest BCUT2D eigenvalue weighted by molar-refractivity contribution is -0.115. The molecular weight excluding hydrogens is 310 g/mol. The van der Waals surface area contributed by atoms with Crippen molar-refractivity contribution in [1.82, 2.24) is 20.2 Å². The number of thioether (sulfide) groups is 1. The number of aromatic nitrogens is 4. The number of hydrogen-bond acceptors (Lipinski definition) is 5. The second-order valence-corrected chi connectivity index (χ2v) is 6.16. The maximum atomic E-state index is 12.2. The largest absolute Gasteiger partial charge is 0.325 e. The van der Waals surface area contributed by atoms with Gasteiger partial charge in [0.1, 0.15) is 0 Å². The quantitative estimate of drug-likeness (QED) is 0.705. The zero-order valence-corrected chi connectivity index (χ0v) is 13.2. The number of rotatable bonds is 5. The summed E-state index contributed by atoms with van der Waals surface area (Å²) in [6, 6.07) is 13.1. The standard InChI is InChI=1S/C16H15N5OS/c1-11(15(22)18-13-5-3-2-4-6-13)23-16-19-14(20-21-16)12-7-9-17-10-8-12/h2-11H,1H3,(H,18,22)(H,19,20,21). The van der Waals surface area contributed by atoms with Crippen LogP contribution in [0, 0.1) is 0 Å². The topological polar surface area (TPSA) is 83.6 Å². The molecule has 0 fully saturated rings. The Kier molecular flexibility index (Phi) is 4.68. The molecule has 0 saturated carbocycles. The number of nitrogens with one attached hydrogen (secondary N) is 2. The molecule has 2 heterocycles. The first-order chi connectivity index (χ1) is 11.2. The van der Waals surface area contributed by atoms with Crippen LogP contribution in [-0.2, 0) is 4.79 Å². The minimum Gasteiger partial charge on any atom is -0.325 e. The highest BCUT2D eigenvalue weighted by Gasteiger charge is 2.17. The van der Waals surface area contributed by atoms with Crippen LogP contribution in [0.4, 0.5) is 5.69 Å². The van der Waals surface area contributed by atoms with Crippen molar-refractivity contribution in [2.75, 3.05) is 5.32 Å². The average Bonchev–Trinajstić information content (AvgIpc) is 3.05. The van der Waals surface area contributed by atoms with Crippen molar-refractivity contribution in [1.29, 1.82) is 0 Å². The van der Waals surface area contributed by atoms with Gasteiger partial charge in [-0.2, -0.15) is 0 Å². The van der Waals surface area contributed by atoms with Crippen molar-refractivity contribution in [2.24, 2.45) is 0 Å². The molecule has 0 spiro atoms. The van der Waals surface area contributed by atoms with E-state index in [1.54, 1.807) is 12.4 Å². The third-order valence-corrected chi connectivity index (χ3v) is 4.09. The molecule has 1 unspecified atom stereocenters. The van der Waals surface area contributed by atoms with Crippen LogP contribution in [0.15, 0.2) is 60.0 Å². The predicted octanol–water partition coefficient (Wildman–Crippen LogP) is 2.99. The number of carbonyl (C=O) groups is 1. The van der Waals surface area contributed by atoms with E-state index in [2.05, 4.69) is 25.5 Å². The predicted molar refractivity (Wildman–Crippen MR) is 90.0 cm³/mol. The number of nitrogens with zero attached hydrogens (tertiary/aromatic N) is 3. The summed E-state index contributed by atoms with van der Waals surface area (Å²) in [4.78, 5) is 19.3. The molecule has 1 aromatic carbocycles. The highest BCUT2D eigenvalue weighted by atomic mass is 32.2. The molecule has 1 atom stereocenters. The summed E-state index contributed by atoms with van der Waals surface area (Å²) in [5.74, 6) is 0.577. The van der Waals surface area contributed by atoms with Gasteiger partial charge >= 0.3 is 0 Å². The first-order valence-corrected chi connectivity index (χ1v) is 7.96. The number of H-pyrrole nitrogens is 1. The lowest BCUT2D eigenvalue weighted by Gasteiger charge is -2.10. The first-order valence-electron chi connectivity index (χ1n) is 7.08. The van der Waals surface area contributed by atoms with Crippen LogP contribution in [-0.4, -0.2) is 31.3 Å². The molecule has 0 bridgehead atoms. The van der Waals surface area contributed by atoms with E-state index in [1.165, 1.54) is 11.8 Å². The van der Waals surface area contributed by atoms with Crippen LogP contribution in [0.5, 0.6) is 0 Å². The van der Waals surface area contributed by atoms with Gasteiger partial charge in [0.25, 0.3) is 0 Å². The molecule has 6 nitrogen and oxygen atoms in total. The van der Waals surface area contributed by atoms with E-state index in [9.17, 15) is 4.79 Å². The number of carbonyl (C=O) groups excluding carboxylic acids is 1. The monoisotopic (exact) mass is 325 g/mol. The van der Waals surface area contributed by atoms with Gasteiger partial charge < -0.3 is 10.3 Å². The minimum atomic E-state index is -0.298. The smallest absolute Gasteiger partial charge is 0.237 e. The average molecular weight is 325 g/mol. The fourth-order valence-electron chi connectivity index (χ4n) is 1.93. The Morgan fingerprint density at radius 1 is 1.13 bits per heavy atom. The molecule has 116 valence electrons. The molecule has 1 amide bonds. The fourth-order valence-corrected chi connectivity index (χ4v) is 2.67. The minimum absolute atomic E-state index is 0.0805. The molecule has 0 saturated heterocycles. The van der Waals surface area contributed by atoms with Crippen molar-refractivity contribution in [3.63, 3.8) is 0 Å². The van der Waals surface area contributed by atoms with Crippen LogP contribution >= 0.6 is 11.8 Å². The summed E-state index contributed by atoms with van der Waals surface area (Å²) < 4.78 is 0. The number of benzene rings is 1. The second-order valence-electron chi connectivity index (χ2n) is 4.83. The summed E-state index contributed by atoms with van der Waals surface area (Å²) in [5, 5.41) is 11.4. The van der Waals surface area contributed by atoms with Gasteiger partial charge in [-0.1, -0.05) is 30.0 Å². The molecule has 23 heavy (non-hydrogen) atoms. The fraction of sp³-hybridized carbons (Fsp3) is 0.125. The van der Waals surface area contributed by atoms with Crippen molar-refractivity contribution in [3.05, 3.63) is 54.9 Å². The highest BCUT2D eigenvalue weighted by Crippen LogP contribution is 2.23. The summed E-state index contributed by atoms with van der Waals surface area (Å²) in [6.45, 7) is 1.83. The van der Waals surface area contributed by atoms with Gasteiger partial charge in [0.05, 0.1) is 5.25 Å². The van der Waals surface area contributed by atoms with Gasteiger partial charge in [-0.15, -0.1) is 10.2 Å². The number of para-hydroxylation sites is 1. The molecule has 2 N–H and O–H groups in total. The second kappa shape index (κ2) is 7.06. The molecule has 2 aromatic heterocycles. The number of pyridine rings is 1. The molecule has 7 heteroatoms. The van der Waals surface area contributed by atoms with E-state index in [1.807, 2.05) is 49.4 Å². The van der Waals surface area contributed by atoms with Crippen LogP contribution in [0.3, 0.4) is 0 Å². The van der Waals surface area contributed by atoms with E-state index in [0.717, 1.165) is 11.3 Å². The number of hydrogen-bond donors (Lipinski definition) is 2. The van der Waals surface area contributed by atoms with Gasteiger partial charge in [-0.05, 0) is 31.2 Å². The van der Waals surface area contributed by atoms with E-state index in [4.69, 9.17) is 0 Å². The molecule has 0 aliphatic rings. The van der Waals surface area contributed by atoms with Gasteiger partial charge in [-0.3, -0.25) is 9.78 Å². The summed E-state index contributed by atoms with van der Waals surface area (Å²) >= 11 is 1.33. The van der Waals surface area contributed by atoms with Gasteiger partial charge in [0.15, 0.2) is 11.0 Å². The van der Waals surface area contributed by atoms with Gasteiger partial charge in [0.2, 0.25) is 5.91 Å². The Morgan fingerprint density at radius 2 is 1.87 bits per heavy atom. The van der Waals surface area contributed by atoms with E-state index < -0.39 is 0 Å². The number of anilines is 1. The highest BCUT2D eigenvalue weighted by molar-refractivity contribution is 8.00. The third-order valence-electron chi connectivity index (χ3n) is 3.12. The van der Waals surface area contributed by atoms with Crippen LogP contribution < -0.4 is 5.32 Å². The van der Waals surface area contributed by atoms with Gasteiger partial charge in [-0.25, -0.2) is 0 Å². The Labute approximate surface area is 137 Å². The first kappa shape index (κ1) is 15.2. The molecule has 0 aliphatic heterocycles. The van der Waals surface area contributed by atoms with Crippen molar-refractivity contribution in [2.45, 2.75) is 17.3 Å². The van der Waals surface area contributed by atoms with E-state index in [0.29, 0.717) is 11.0 Å². The molecule has 0 radical (unpaired) electrons. The van der Waals surface area contributed by atoms with Crippen LogP contribution in [0.2, 0.25) is 0 Å². The maximum Gasteiger partial charge on any atom is 0.237 e. The molecule has 0 aliphatic carbocycles. The Hall–Kier alpha value is -2.67. The Bertz CT molecular complexity index is 775. The van der Waals surface area contributed by atoms with Crippen LogP contribution in [0.25, 0.3) is 11.4 Å². The van der Waals surface area contributed by atoms with Gasteiger partial charge in [0, 0.05) is 23.6 Å². The normalized spacial score (nSPS) is 11.9. The summed E-state index contributed by atoms with van der Waals surface area (Å²) in [5.41, 5.74) is 1.68. The zero-order chi connectivity index (χ0) is 16.1. The van der Waals surface area contributed by atoms with Crippen molar-refractivity contribution >= 4 is 23.4 Å². The zero-order valence-electron chi connectivity index (χ0n) is 12.4. The lowest BCUT2D eigenvalue weighted by Crippen LogP contribution is -2.22. The van der Waals surface area contributed by atoms with E-state index in [-0.39, 0.29) is 11.2 Å². The lowest BCUT2D eigenvalue weighted by atomic mass is 10.3. The Morgan fingerprint density at radius 3 is 2.61 bits per heavy atom. The van der Waals surface area contributed by atoms with Crippen molar-refractivity contribution < 1.29 is 4.79 Å². The van der Waals surface area contributed by atoms with E-state index >= 15 is 0 Å². The van der Waals surface area contributed by atoms with Crippen molar-refractivity contribution in [3.8, 4) is 11.4 Å². The van der Waals surface area contributed by atoms with Crippen LogP contribution in [0.1, 0.15) is 6.92 Å².